The minimum absolute atomic E-state index is 0.0186. The third-order valence-electron chi connectivity index (χ3n) is 2.55. The molecule has 1 aromatic carbocycles. The largest absolute Gasteiger partial charge is 0.494 e. The highest BCUT2D eigenvalue weighted by Crippen LogP contribution is 2.26. The number of hydrogen-bond donors (Lipinski definition) is 1. The lowest BCUT2D eigenvalue weighted by molar-refractivity contribution is -0.141. The second-order valence-corrected chi connectivity index (χ2v) is 4.02. The van der Waals surface area contributed by atoms with Gasteiger partial charge in [-0.2, -0.15) is 0 Å². The third kappa shape index (κ3) is 3.17. The van der Waals surface area contributed by atoms with E-state index in [0.29, 0.717) is 5.56 Å². The van der Waals surface area contributed by atoms with E-state index in [2.05, 4.69) is 4.74 Å². The van der Waals surface area contributed by atoms with Gasteiger partial charge in [-0.15, -0.1) is 0 Å². The van der Waals surface area contributed by atoms with Gasteiger partial charge in [-0.1, -0.05) is 6.07 Å². The lowest BCUT2D eigenvalue weighted by Gasteiger charge is -2.24. The quantitative estimate of drug-likeness (QED) is 0.813. The lowest BCUT2D eigenvalue weighted by Crippen LogP contribution is -2.36. The Kier molecular flexibility index (Phi) is 4.07. The number of esters is 1. The molecule has 1 aromatic rings. The highest BCUT2D eigenvalue weighted by Gasteiger charge is 2.26. The van der Waals surface area contributed by atoms with Crippen LogP contribution in [-0.2, 0) is 15.1 Å². The fourth-order valence-corrected chi connectivity index (χ4v) is 1.50. The maximum Gasteiger partial charge on any atom is 0.307 e. The van der Waals surface area contributed by atoms with E-state index in [-0.39, 0.29) is 12.2 Å². The van der Waals surface area contributed by atoms with E-state index in [9.17, 15) is 9.18 Å². The Morgan fingerprint density at radius 1 is 1.47 bits per heavy atom. The van der Waals surface area contributed by atoms with Gasteiger partial charge in [-0.3, -0.25) is 4.79 Å². The van der Waals surface area contributed by atoms with Gasteiger partial charge in [0.2, 0.25) is 0 Å². The van der Waals surface area contributed by atoms with Crippen LogP contribution in [0.3, 0.4) is 0 Å². The number of benzene rings is 1. The Bertz CT molecular complexity index is 418. The SMILES string of the molecule is COC(=O)C[C@](C)(N)c1ccc(OC)c(F)c1. The van der Waals surface area contributed by atoms with Crippen LogP contribution in [0.4, 0.5) is 4.39 Å². The summed E-state index contributed by atoms with van der Waals surface area (Å²) in [6, 6.07) is 4.37. The van der Waals surface area contributed by atoms with Crippen LogP contribution in [-0.4, -0.2) is 20.2 Å². The van der Waals surface area contributed by atoms with Gasteiger partial charge in [-0.25, -0.2) is 4.39 Å². The molecular formula is C12H16FNO3. The second-order valence-electron chi connectivity index (χ2n) is 4.02. The summed E-state index contributed by atoms with van der Waals surface area (Å²) in [6.07, 6.45) is -0.0186. The zero-order valence-electron chi connectivity index (χ0n) is 10.1. The van der Waals surface area contributed by atoms with Gasteiger partial charge in [0.15, 0.2) is 11.6 Å². The molecule has 0 radical (unpaired) electrons. The van der Waals surface area contributed by atoms with Crippen LogP contribution in [0.15, 0.2) is 18.2 Å². The van der Waals surface area contributed by atoms with Crippen LogP contribution in [0.25, 0.3) is 0 Å². The highest BCUT2D eigenvalue weighted by atomic mass is 19.1. The van der Waals surface area contributed by atoms with Gasteiger partial charge in [0, 0.05) is 5.54 Å². The lowest BCUT2D eigenvalue weighted by atomic mass is 9.89. The van der Waals surface area contributed by atoms with Crippen molar-refractivity contribution in [2.45, 2.75) is 18.9 Å². The fraction of sp³-hybridized carbons (Fsp3) is 0.417. The normalized spacial score (nSPS) is 13.9. The molecule has 0 bridgehead atoms. The molecule has 0 aliphatic heterocycles. The molecule has 0 amide bonds. The number of carbonyl (C=O) groups is 1. The van der Waals surface area contributed by atoms with E-state index in [1.165, 1.54) is 26.4 Å². The molecular weight excluding hydrogens is 225 g/mol. The predicted molar refractivity (Wildman–Crippen MR) is 61.1 cm³/mol. The van der Waals surface area contributed by atoms with Crippen molar-refractivity contribution in [3.63, 3.8) is 0 Å². The van der Waals surface area contributed by atoms with Crippen molar-refractivity contribution in [1.29, 1.82) is 0 Å². The van der Waals surface area contributed by atoms with Crippen LogP contribution < -0.4 is 10.5 Å². The molecule has 0 unspecified atom stereocenters. The smallest absolute Gasteiger partial charge is 0.307 e. The Morgan fingerprint density at radius 2 is 2.12 bits per heavy atom. The Labute approximate surface area is 99.5 Å². The third-order valence-corrected chi connectivity index (χ3v) is 2.55. The van der Waals surface area contributed by atoms with Gasteiger partial charge >= 0.3 is 5.97 Å². The van der Waals surface area contributed by atoms with Crippen molar-refractivity contribution in [3.05, 3.63) is 29.6 Å². The second kappa shape index (κ2) is 5.14. The molecule has 94 valence electrons. The molecule has 5 heteroatoms. The van der Waals surface area contributed by atoms with E-state index in [4.69, 9.17) is 10.5 Å². The molecule has 2 N–H and O–H groups in total. The van der Waals surface area contributed by atoms with Gasteiger partial charge < -0.3 is 15.2 Å². The van der Waals surface area contributed by atoms with Crippen LogP contribution in [0.5, 0.6) is 5.75 Å². The Morgan fingerprint density at radius 3 is 2.59 bits per heavy atom. The molecule has 0 aliphatic rings. The number of ether oxygens (including phenoxy) is 2. The molecule has 4 nitrogen and oxygen atoms in total. The summed E-state index contributed by atoms with van der Waals surface area (Å²) in [5.41, 5.74) is 5.51. The van der Waals surface area contributed by atoms with E-state index < -0.39 is 17.3 Å². The monoisotopic (exact) mass is 241 g/mol. The summed E-state index contributed by atoms with van der Waals surface area (Å²) in [5.74, 6) is -0.805. The number of halogens is 1. The summed E-state index contributed by atoms with van der Waals surface area (Å²) in [4.78, 5) is 11.2. The highest BCUT2D eigenvalue weighted by molar-refractivity contribution is 5.71. The average Bonchev–Trinajstić information content (AvgIpc) is 2.28. The number of nitrogens with two attached hydrogens (primary N) is 1. The minimum Gasteiger partial charge on any atom is -0.494 e. The fourth-order valence-electron chi connectivity index (χ4n) is 1.50. The Hall–Kier alpha value is -1.62. The van der Waals surface area contributed by atoms with Crippen molar-refractivity contribution >= 4 is 5.97 Å². The molecule has 0 aromatic heterocycles. The van der Waals surface area contributed by atoms with Gasteiger partial charge in [-0.05, 0) is 24.6 Å². The van der Waals surface area contributed by atoms with Crippen molar-refractivity contribution in [3.8, 4) is 5.75 Å². The van der Waals surface area contributed by atoms with E-state index in [0.717, 1.165) is 0 Å². The first-order chi connectivity index (χ1) is 7.90. The van der Waals surface area contributed by atoms with Crippen LogP contribution in [0.1, 0.15) is 18.9 Å². The van der Waals surface area contributed by atoms with E-state index in [1.807, 2.05) is 0 Å². The molecule has 1 atom stereocenters. The number of rotatable bonds is 4. The average molecular weight is 241 g/mol. The number of methoxy groups -OCH3 is 2. The first-order valence-electron chi connectivity index (χ1n) is 5.10. The summed E-state index contributed by atoms with van der Waals surface area (Å²) in [7, 11) is 2.67. The molecule has 1 rings (SSSR count). The van der Waals surface area contributed by atoms with Gasteiger partial charge in [0.1, 0.15) is 0 Å². The molecule has 17 heavy (non-hydrogen) atoms. The van der Waals surface area contributed by atoms with Crippen molar-refractivity contribution in [2.75, 3.05) is 14.2 Å². The predicted octanol–water partition coefficient (Wildman–Crippen LogP) is 1.57. The van der Waals surface area contributed by atoms with Crippen LogP contribution in [0.2, 0.25) is 0 Å². The van der Waals surface area contributed by atoms with Crippen LogP contribution >= 0.6 is 0 Å². The van der Waals surface area contributed by atoms with Crippen molar-refractivity contribution < 1.29 is 18.7 Å². The number of carbonyl (C=O) groups excluding carboxylic acids is 1. The zero-order valence-corrected chi connectivity index (χ0v) is 10.1. The molecule has 0 fully saturated rings. The molecule has 0 aliphatic carbocycles. The minimum atomic E-state index is -0.972. The summed E-state index contributed by atoms with van der Waals surface area (Å²) in [6.45, 7) is 1.64. The maximum atomic E-state index is 13.5. The van der Waals surface area contributed by atoms with Crippen molar-refractivity contribution in [1.82, 2.24) is 0 Å². The standard InChI is InChI=1S/C12H16FNO3/c1-12(14,7-11(15)17-3)8-4-5-10(16-2)9(13)6-8/h4-6H,7,14H2,1-3H3/t12-/m0/s1. The van der Waals surface area contributed by atoms with Gasteiger partial charge in [0.25, 0.3) is 0 Å². The van der Waals surface area contributed by atoms with Crippen LogP contribution in [0, 0.1) is 5.82 Å². The summed E-state index contributed by atoms with van der Waals surface area (Å²) in [5, 5.41) is 0. The van der Waals surface area contributed by atoms with Gasteiger partial charge in [0.05, 0.1) is 20.6 Å². The molecule has 0 saturated heterocycles. The first kappa shape index (κ1) is 13.4. The number of hydrogen-bond acceptors (Lipinski definition) is 4. The van der Waals surface area contributed by atoms with E-state index >= 15 is 0 Å². The molecule has 0 heterocycles. The first-order valence-corrected chi connectivity index (χ1v) is 5.10. The van der Waals surface area contributed by atoms with Crippen molar-refractivity contribution in [2.24, 2.45) is 5.73 Å². The molecule has 0 saturated carbocycles. The van der Waals surface area contributed by atoms with E-state index in [1.54, 1.807) is 13.0 Å². The topological polar surface area (TPSA) is 61.5 Å². The zero-order chi connectivity index (χ0) is 13.1. The summed E-state index contributed by atoms with van der Waals surface area (Å²) >= 11 is 0. The Balaban J connectivity index is 2.98. The molecule has 0 spiro atoms. The summed E-state index contributed by atoms with van der Waals surface area (Å²) < 4.78 is 22.9. The maximum absolute atomic E-state index is 13.5.